The average Bonchev–Trinajstić information content (AvgIpc) is 2.76. The van der Waals surface area contributed by atoms with E-state index >= 15 is 0 Å². The number of anilines is 1. The monoisotopic (exact) mass is 478 g/mol. The van der Waals surface area contributed by atoms with E-state index in [9.17, 15) is 18.0 Å². The molecule has 7 nitrogen and oxygen atoms in total. The Labute approximate surface area is 193 Å². The molecule has 1 heterocycles. The molecule has 2 aromatic rings. The van der Waals surface area contributed by atoms with Crippen LogP contribution in [-0.4, -0.2) is 44.9 Å². The predicted molar refractivity (Wildman–Crippen MR) is 123 cm³/mol. The number of piperidine rings is 1. The molecular formula is C23H27ClN2O5S. The van der Waals surface area contributed by atoms with Crippen molar-refractivity contribution < 1.29 is 22.7 Å². The lowest BCUT2D eigenvalue weighted by Crippen LogP contribution is -2.40. The summed E-state index contributed by atoms with van der Waals surface area (Å²) in [6.45, 7) is 6.72. The van der Waals surface area contributed by atoms with Gasteiger partial charge in [-0.25, -0.2) is 8.42 Å². The van der Waals surface area contributed by atoms with Crippen molar-refractivity contribution in [3.8, 4) is 0 Å². The van der Waals surface area contributed by atoms with Crippen LogP contribution < -0.4 is 4.72 Å². The Balaban J connectivity index is 1.77. The summed E-state index contributed by atoms with van der Waals surface area (Å²) in [4.78, 5) is 26.4. The lowest BCUT2D eigenvalue weighted by molar-refractivity contribution is -0.149. The Morgan fingerprint density at radius 3 is 2.41 bits per heavy atom. The Kier molecular flexibility index (Phi) is 7.46. The van der Waals surface area contributed by atoms with Crippen molar-refractivity contribution in [2.24, 2.45) is 5.92 Å². The number of carbonyl (C=O) groups excluding carboxylic acids is 2. The van der Waals surface area contributed by atoms with E-state index in [-0.39, 0.29) is 33.3 Å². The number of aryl methyl sites for hydroxylation is 2. The van der Waals surface area contributed by atoms with Crippen molar-refractivity contribution in [1.82, 2.24) is 4.90 Å². The van der Waals surface area contributed by atoms with Gasteiger partial charge in [0.05, 0.1) is 17.5 Å². The Morgan fingerprint density at radius 1 is 1.09 bits per heavy atom. The van der Waals surface area contributed by atoms with Gasteiger partial charge in [-0.3, -0.25) is 14.3 Å². The van der Waals surface area contributed by atoms with E-state index in [0.29, 0.717) is 38.2 Å². The smallest absolute Gasteiger partial charge is 0.309 e. The Hall–Kier alpha value is -2.58. The number of esters is 1. The summed E-state index contributed by atoms with van der Waals surface area (Å²) in [6, 6.07) is 9.46. The molecular weight excluding hydrogens is 452 g/mol. The first-order valence-corrected chi connectivity index (χ1v) is 12.3. The molecule has 1 aliphatic rings. The maximum atomic E-state index is 13.0. The van der Waals surface area contributed by atoms with Gasteiger partial charge >= 0.3 is 5.97 Å². The summed E-state index contributed by atoms with van der Waals surface area (Å²) in [5.74, 6) is -0.759. The minimum absolute atomic E-state index is 0.0268. The SMILES string of the molecule is CCOC(=O)C1CCN(C(=O)c2ccc(Cl)c(S(=O)(=O)Nc3ccc(C)c(C)c3)c2)CC1. The molecule has 0 bridgehead atoms. The van der Waals surface area contributed by atoms with E-state index in [1.54, 1.807) is 24.0 Å². The van der Waals surface area contributed by atoms with Crippen LogP contribution in [0, 0.1) is 19.8 Å². The number of hydrogen-bond donors (Lipinski definition) is 1. The molecule has 172 valence electrons. The van der Waals surface area contributed by atoms with E-state index in [0.717, 1.165) is 11.1 Å². The number of halogens is 1. The molecule has 32 heavy (non-hydrogen) atoms. The zero-order valence-electron chi connectivity index (χ0n) is 18.4. The molecule has 0 saturated carbocycles. The van der Waals surface area contributed by atoms with Gasteiger partial charge in [0.1, 0.15) is 4.90 Å². The van der Waals surface area contributed by atoms with E-state index < -0.39 is 10.0 Å². The maximum Gasteiger partial charge on any atom is 0.309 e. The third kappa shape index (κ3) is 5.42. The summed E-state index contributed by atoms with van der Waals surface area (Å²) < 4.78 is 33.5. The third-order valence-electron chi connectivity index (χ3n) is 5.63. The van der Waals surface area contributed by atoms with Crippen LogP contribution in [0.3, 0.4) is 0 Å². The van der Waals surface area contributed by atoms with Crippen LogP contribution in [-0.2, 0) is 19.6 Å². The number of amides is 1. The minimum Gasteiger partial charge on any atom is -0.466 e. The van der Waals surface area contributed by atoms with Crippen LogP contribution >= 0.6 is 11.6 Å². The van der Waals surface area contributed by atoms with Gasteiger partial charge in [-0.15, -0.1) is 0 Å². The highest BCUT2D eigenvalue weighted by molar-refractivity contribution is 7.92. The second-order valence-corrected chi connectivity index (χ2v) is 9.93. The quantitative estimate of drug-likeness (QED) is 0.629. The molecule has 0 unspecified atom stereocenters. The molecule has 2 aromatic carbocycles. The molecule has 0 aliphatic carbocycles. The summed E-state index contributed by atoms with van der Waals surface area (Å²) in [6.07, 6.45) is 1.02. The van der Waals surface area contributed by atoms with Gasteiger partial charge < -0.3 is 9.64 Å². The molecule has 1 fully saturated rings. The second kappa shape index (κ2) is 9.92. The normalized spacial score (nSPS) is 14.8. The van der Waals surface area contributed by atoms with Crippen LogP contribution in [0.4, 0.5) is 5.69 Å². The summed E-state index contributed by atoms with van der Waals surface area (Å²) in [5.41, 5.74) is 2.64. The fourth-order valence-corrected chi connectivity index (χ4v) is 5.19. The van der Waals surface area contributed by atoms with Crippen LogP contribution in [0.5, 0.6) is 0 Å². The largest absolute Gasteiger partial charge is 0.466 e. The lowest BCUT2D eigenvalue weighted by atomic mass is 9.96. The van der Waals surface area contributed by atoms with Gasteiger partial charge in [0, 0.05) is 24.3 Å². The number of sulfonamides is 1. The first kappa shape index (κ1) is 24.1. The van der Waals surface area contributed by atoms with Crippen LogP contribution in [0.1, 0.15) is 41.3 Å². The van der Waals surface area contributed by atoms with Gasteiger partial charge in [0.25, 0.3) is 15.9 Å². The predicted octanol–water partition coefficient (Wildman–Crippen LogP) is 4.17. The minimum atomic E-state index is -4.00. The van der Waals surface area contributed by atoms with E-state index in [2.05, 4.69) is 4.72 Å². The standard InChI is InChI=1S/C23H27ClN2O5S/c1-4-31-23(28)17-9-11-26(12-10-17)22(27)18-6-8-20(24)21(14-18)32(29,30)25-19-7-5-15(2)16(3)13-19/h5-8,13-14,17,25H,4,9-12H2,1-3H3. The number of likely N-dealkylation sites (tertiary alicyclic amines) is 1. The van der Waals surface area contributed by atoms with Crippen molar-refractivity contribution in [2.75, 3.05) is 24.4 Å². The molecule has 0 aromatic heterocycles. The number of nitrogens with one attached hydrogen (secondary N) is 1. The lowest BCUT2D eigenvalue weighted by Gasteiger charge is -2.31. The molecule has 0 atom stereocenters. The molecule has 0 radical (unpaired) electrons. The summed E-state index contributed by atoms with van der Waals surface area (Å²) in [5, 5.41) is 0.0268. The molecule has 1 amide bonds. The maximum absolute atomic E-state index is 13.0. The van der Waals surface area contributed by atoms with Gasteiger partial charge in [-0.05, 0) is 75.1 Å². The van der Waals surface area contributed by atoms with Gasteiger partial charge in [-0.2, -0.15) is 0 Å². The molecule has 1 N–H and O–H groups in total. The molecule has 9 heteroatoms. The van der Waals surface area contributed by atoms with E-state index in [4.69, 9.17) is 16.3 Å². The molecule has 1 saturated heterocycles. The fourth-order valence-electron chi connectivity index (χ4n) is 3.62. The third-order valence-corrected chi connectivity index (χ3v) is 7.49. The highest BCUT2D eigenvalue weighted by Crippen LogP contribution is 2.27. The van der Waals surface area contributed by atoms with Crippen molar-refractivity contribution in [3.63, 3.8) is 0 Å². The first-order chi connectivity index (χ1) is 15.1. The summed E-state index contributed by atoms with van der Waals surface area (Å²) >= 11 is 6.18. The Bertz CT molecular complexity index is 1130. The highest BCUT2D eigenvalue weighted by Gasteiger charge is 2.29. The number of rotatable bonds is 6. The van der Waals surface area contributed by atoms with Crippen molar-refractivity contribution in [1.29, 1.82) is 0 Å². The highest BCUT2D eigenvalue weighted by atomic mass is 35.5. The van der Waals surface area contributed by atoms with Gasteiger partial charge in [0.15, 0.2) is 0 Å². The van der Waals surface area contributed by atoms with Crippen molar-refractivity contribution >= 4 is 39.2 Å². The zero-order chi connectivity index (χ0) is 23.5. The Morgan fingerprint density at radius 2 is 1.78 bits per heavy atom. The first-order valence-electron chi connectivity index (χ1n) is 10.5. The van der Waals surface area contributed by atoms with Gasteiger partial charge in [-0.1, -0.05) is 17.7 Å². The number of nitrogens with zero attached hydrogens (tertiary/aromatic N) is 1. The summed E-state index contributed by atoms with van der Waals surface area (Å²) in [7, 11) is -4.00. The number of ether oxygens (including phenoxy) is 1. The van der Waals surface area contributed by atoms with Crippen LogP contribution in [0.2, 0.25) is 5.02 Å². The second-order valence-electron chi connectivity index (χ2n) is 7.87. The van der Waals surface area contributed by atoms with Crippen molar-refractivity contribution in [3.05, 3.63) is 58.1 Å². The van der Waals surface area contributed by atoms with E-state index in [1.807, 2.05) is 19.9 Å². The fraction of sp³-hybridized carbons (Fsp3) is 0.391. The van der Waals surface area contributed by atoms with Crippen LogP contribution in [0.15, 0.2) is 41.3 Å². The molecule has 3 rings (SSSR count). The number of hydrogen-bond acceptors (Lipinski definition) is 5. The number of carbonyl (C=O) groups is 2. The molecule has 1 aliphatic heterocycles. The van der Waals surface area contributed by atoms with Gasteiger partial charge in [0.2, 0.25) is 0 Å². The van der Waals surface area contributed by atoms with E-state index in [1.165, 1.54) is 18.2 Å². The van der Waals surface area contributed by atoms with Crippen molar-refractivity contribution in [2.45, 2.75) is 38.5 Å². The zero-order valence-corrected chi connectivity index (χ0v) is 19.9. The number of benzene rings is 2. The van der Waals surface area contributed by atoms with Crippen LogP contribution in [0.25, 0.3) is 0 Å². The molecule has 0 spiro atoms. The topological polar surface area (TPSA) is 92.8 Å². The average molecular weight is 479 g/mol.